The Kier molecular flexibility index (Phi) is 5.78. The van der Waals surface area contributed by atoms with Crippen LogP contribution in [0, 0.1) is 6.92 Å². The molecule has 0 heterocycles. The highest BCUT2D eigenvalue weighted by atomic mass is 16.5. The van der Waals surface area contributed by atoms with E-state index >= 15 is 0 Å². The Morgan fingerprint density at radius 1 is 1.17 bits per heavy atom. The monoisotopic (exact) mass is 327 g/mol. The maximum absolute atomic E-state index is 12.0. The van der Waals surface area contributed by atoms with Crippen molar-refractivity contribution in [2.24, 2.45) is 5.73 Å². The topological polar surface area (TPSA) is 93.4 Å². The molecule has 2 aromatic carbocycles. The summed E-state index contributed by atoms with van der Waals surface area (Å²) in [6.45, 7) is 2.25. The second kappa shape index (κ2) is 8.01. The van der Waals surface area contributed by atoms with Gasteiger partial charge in [0.15, 0.2) is 0 Å². The fourth-order valence-electron chi connectivity index (χ4n) is 2.36. The normalized spacial score (nSPS) is 10.1. The molecular weight excluding hydrogens is 306 g/mol. The van der Waals surface area contributed by atoms with Gasteiger partial charge in [0.25, 0.3) is 5.91 Å². The third-order valence-corrected chi connectivity index (χ3v) is 3.58. The predicted octanol–water partition coefficient (Wildman–Crippen LogP) is 1.83. The number of nitrogens with two attached hydrogens (primary N) is 1. The lowest BCUT2D eigenvalue weighted by Gasteiger charge is -2.12. The maximum Gasteiger partial charge on any atom is 0.251 e. The quantitative estimate of drug-likeness (QED) is 0.723. The third-order valence-electron chi connectivity index (χ3n) is 3.58. The van der Waals surface area contributed by atoms with Gasteiger partial charge in [-0.25, -0.2) is 0 Å². The van der Waals surface area contributed by atoms with Gasteiger partial charge < -0.3 is 21.1 Å². The minimum Gasteiger partial charge on any atom is -0.497 e. The highest BCUT2D eigenvalue weighted by Crippen LogP contribution is 2.18. The molecule has 0 fully saturated rings. The van der Waals surface area contributed by atoms with Crippen molar-refractivity contribution in [2.75, 3.05) is 19.0 Å². The molecule has 0 saturated heterocycles. The second-order valence-electron chi connectivity index (χ2n) is 5.34. The summed E-state index contributed by atoms with van der Waals surface area (Å²) < 4.78 is 5.14. The molecule has 0 aliphatic rings. The number of anilines is 1. The van der Waals surface area contributed by atoms with Crippen LogP contribution >= 0.6 is 0 Å². The molecule has 0 bridgehead atoms. The Balaban J connectivity index is 1.92. The molecule has 0 radical (unpaired) electrons. The highest BCUT2D eigenvalue weighted by Gasteiger charge is 2.11. The van der Waals surface area contributed by atoms with Crippen molar-refractivity contribution in [3.63, 3.8) is 0 Å². The van der Waals surface area contributed by atoms with E-state index in [1.807, 2.05) is 24.3 Å². The molecule has 0 unspecified atom stereocenters. The number of carbonyl (C=O) groups is 2. The molecule has 4 N–H and O–H groups in total. The lowest BCUT2D eigenvalue weighted by molar-refractivity contribution is -0.119. The summed E-state index contributed by atoms with van der Waals surface area (Å²) in [6.07, 6.45) is 0. The fourth-order valence-corrected chi connectivity index (χ4v) is 2.36. The summed E-state index contributed by atoms with van der Waals surface area (Å²) in [5.74, 6) is 0.0351. The van der Waals surface area contributed by atoms with E-state index in [1.54, 1.807) is 32.2 Å². The lowest BCUT2D eigenvalue weighted by Crippen LogP contribution is -2.30. The van der Waals surface area contributed by atoms with Gasteiger partial charge in [-0.05, 0) is 36.2 Å². The van der Waals surface area contributed by atoms with Gasteiger partial charge in [0.2, 0.25) is 5.91 Å². The van der Waals surface area contributed by atoms with Crippen molar-refractivity contribution < 1.29 is 14.3 Å². The smallest absolute Gasteiger partial charge is 0.251 e. The van der Waals surface area contributed by atoms with E-state index in [4.69, 9.17) is 10.5 Å². The first kappa shape index (κ1) is 17.3. The van der Waals surface area contributed by atoms with E-state index < -0.39 is 5.91 Å². The van der Waals surface area contributed by atoms with Crippen LogP contribution in [0.5, 0.6) is 5.75 Å². The Labute approximate surface area is 141 Å². The fraction of sp³-hybridized carbons (Fsp3) is 0.222. The Morgan fingerprint density at radius 2 is 1.92 bits per heavy atom. The van der Waals surface area contributed by atoms with E-state index in [0.29, 0.717) is 17.8 Å². The Morgan fingerprint density at radius 3 is 2.62 bits per heavy atom. The minimum absolute atomic E-state index is 0.0493. The van der Waals surface area contributed by atoms with Gasteiger partial charge >= 0.3 is 0 Å². The van der Waals surface area contributed by atoms with Gasteiger partial charge in [-0.2, -0.15) is 0 Å². The largest absolute Gasteiger partial charge is 0.497 e. The summed E-state index contributed by atoms with van der Waals surface area (Å²) in [5.41, 5.74) is 8.06. The van der Waals surface area contributed by atoms with E-state index in [-0.39, 0.29) is 12.5 Å². The first-order chi connectivity index (χ1) is 11.5. The number of methoxy groups -OCH3 is 1. The number of hydrogen-bond donors (Lipinski definition) is 3. The summed E-state index contributed by atoms with van der Waals surface area (Å²) >= 11 is 0. The zero-order valence-corrected chi connectivity index (χ0v) is 13.8. The standard InChI is InChI=1S/C18H21N3O3/c1-12-5-3-8-15(17(12)18(19)23)20-11-16(22)21-10-13-6-4-7-14(9-13)24-2/h3-9,20H,10-11H2,1-2H3,(H2,19,23)(H,21,22). The third kappa shape index (κ3) is 4.49. The molecule has 2 aromatic rings. The van der Waals surface area contributed by atoms with Crippen molar-refractivity contribution in [3.05, 3.63) is 59.2 Å². The number of amides is 2. The maximum atomic E-state index is 12.0. The van der Waals surface area contributed by atoms with E-state index in [2.05, 4.69) is 10.6 Å². The molecule has 0 spiro atoms. The Hall–Kier alpha value is -3.02. The van der Waals surface area contributed by atoms with Gasteiger partial charge in [-0.1, -0.05) is 24.3 Å². The number of ether oxygens (including phenoxy) is 1. The zero-order valence-electron chi connectivity index (χ0n) is 13.8. The van der Waals surface area contributed by atoms with E-state index in [1.165, 1.54) is 0 Å². The molecule has 6 heteroatoms. The second-order valence-corrected chi connectivity index (χ2v) is 5.34. The average molecular weight is 327 g/mol. The van der Waals surface area contributed by atoms with Crippen molar-refractivity contribution in [1.82, 2.24) is 5.32 Å². The van der Waals surface area contributed by atoms with Gasteiger partial charge in [-0.15, -0.1) is 0 Å². The molecule has 6 nitrogen and oxygen atoms in total. The molecule has 2 amide bonds. The minimum atomic E-state index is -0.521. The molecular formula is C18H21N3O3. The lowest BCUT2D eigenvalue weighted by atomic mass is 10.1. The van der Waals surface area contributed by atoms with Crippen LogP contribution in [0.4, 0.5) is 5.69 Å². The summed E-state index contributed by atoms with van der Waals surface area (Å²) in [6, 6.07) is 12.8. The van der Waals surface area contributed by atoms with Crippen LogP contribution in [-0.4, -0.2) is 25.5 Å². The Bertz CT molecular complexity index is 744. The van der Waals surface area contributed by atoms with E-state index in [0.717, 1.165) is 16.9 Å². The van der Waals surface area contributed by atoms with Crippen LogP contribution in [0.2, 0.25) is 0 Å². The van der Waals surface area contributed by atoms with Crippen LogP contribution in [0.1, 0.15) is 21.5 Å². The van der Waals surface area contributed by atoms with Gasteiger partial charge in [0, 0.05) is 12.2 Å². The molecule has 0 saturated carbocycles. The first-order valence-corrected chi connectivity index (χ1v) is 7.54. The number of nitrogens with one attached hydrogen (secondary N) is 2. The van der Waals surface area contributed by atoms with Crippen molar-refractivity contribution in [3.8, 4) is 5.75 Å². The number of benzene rings is 2. The van der Waals surface area contributed by atoms with E-state index in [9.17, 15) is 9.59 Å². The summed E-state index contributed by atoms with van der Waals surface area (Å²) in [7, 11) is 1.60. The van der Waals surface area contributed by atoms with Crippen LogP contribution in [0.15, 0.2) is 42.5 Å². The molecule has 0 aromatic heterocycles. The molecule has 0 aliphatic heterocycles. The summed E-state index contributed by atoms with van der Waals surface area (Å²) in [5, 5.41) is 5.77. The number of hydrogen-bond acceptors (Lipinski definition) is 4. The molecule has 0 atom stereocenters. The van der Waals surface area contributed by atoms with Gasteiger partial charge in [0.05, 0.1) is 19.2 Å². The summed E-state index contributed by atoms with van der Waals surface area (Å²) in [4.78, 5) is 23.5. The number of aryl methyl sites for hydroxylation is 1. The van der Waals surface area contributed by atoms with Gasteiger partial charge in [-0.3, -0.25) is 9.59 Å². The average Bonchev–Trinajstić information content (AvgIpc) is 2.58. The molecule has 24 heavy (non-hydrogen) atoms. The van der Waals surface area contributed by atoms with Gasteiger partial charge in [0.1, 0.15) is 5.75 Å². The SMILES string of the molecule is COc1cccc(CNC(=O)CNc2cccc(C)c2C(N)=O)c1. The number of primary amides is 1. The number of carbonyl (C=O) groups excluding carboxylic acids is 2. The van der Waals surface area contributed by atoms with Crippen molar-refractivity contribution in [1.29, 1.82) is 0 Å². The van der Waals surface area contributed by atoms with Crippen LogP contribution < -0.4 is 21.1 Å². The zero-order chi connectivity index (χ0) is 17.5. The predicted molar refractivity (Wildman–Crippen MR) is 93.0 cm³/mol. The first-order valence-electron chi connectivity index (χ1n) is 7.54. The van der Waals surface area contributed by atoms with Crippen molar-refractivity contribution in [2.45, 2.75) is 13.5 Å². The van der Waals surface area contributed by atoms with Crippen LogP contribution in [0.25, 0.3) is 0 Å². The molecule has 2 rings (SSSR count). The number of rotatable bonds is 7. The van der Waals surface area contributed by atoms with Crippen LogP contribution in [-0.2, 0) is 11.3 Å². The highest BCUT2D eigenvalue weighted by molar-refractivity contribution is 6.00. The van der Waals surface area contributed by atoms with Crippen molar-refractivity contribution >= 4 is 17.5 Å². The molecule has 126 valence electrons. The van der Waals surface area contributed by atoms with Crippen LogP contribution in [0.3, 0.4) is 0 Å². The molecule has 0 aliphatic carbocycles.